The van der Waals surface area contributed by atoms with Crippen LogP contribution < -0.4 is 5.32 Å². The van der Waals surface area contributed by atoms with Crippen LogP contribution in [0.15, 0.2) is 42.5 Å². The van der Waals surface area contributed by atoms with Crippen molar-refractivity contribution in [1.82, 2.24) is 10.2 Å². The molecule has 0 fully saturated rings. The van der Waals surface area contributed by atoms with Gasteiger partial charge in [-0.3, -0.25) is 9.59 Å². The molecule has 2 rings (SSSR count). The van der Waals surface area contributed by atoms with Crippen LogP contribution in [0.25, 0.3) is 0 Å². The van der Waals surface area contributed by atoms with E-state index in [1.807, 2.05) is 0 Å². The van der Waals surface area contributed by atoms with Crippen LogP contribution in [0.3, 0.4) is 0 Å². The molecule has 0 aliphatic heterocycles. The third-order valence-corrected chi connectivity index (χ3v) is 4.66. The Morgan fingerprint density at radius 3 is 2.46 bits per heavy atom. The summed E-state index contributed by atoms with van der Waals surface area (Å²) in [6, 6.07) is 10.2. The van der Waals surface area contributed by atoms with Crippen molar-refractivity contribution in [3.05, 3.63) is 69.5 Å². The Kier molecular flexibility index (Phi) is 7.00. The molecule has 138 valence electrons. The number of benzene rings is 2. The molecule has 2 amide bonds. The number of halogens is 3. The SMILES string of the molecule is CNC(=O)[C@@H](C)N(Cc1ccccc1F)C(=O)Cc1ccc(Cl)cc1Cl. The smallest absolute Gasteiger partial charge is 0.242 e. The highest BCUT2D eigenvalue weighted by atomic mass is 35.5. The molecular weight excluding hydrogens is 378 g/mol. The Labute approximate surface area is 161 Å². The van der Waals surface area contributed by atoms with Crippen molar-refractivity contribution in [1.29, 1.82) is 0 Å². The molecule has 7 heteroatoms. The second-order valence-corrected chi connectivity index (χ2v) is 6.66. The minimum Gasteiger partial charge on any atom is -0.357 e. The number of carbonyl (C=O) groups is 2. The van der Waals surface area contributed by atoms with Crippen LogP contribution in [-0.2, 0) is 22.6 Å². The molecule has 0 bridgehead atoms. The fourth-order valence-corrected chi connectivity index (χ4v) is 3.01. The second-order valence-electron chi connectivity index (χ2n) is 5.82. The molecule has 1 N–H and O–H groups in total. The third kappa shape index (κ3) is 4.96. The van der Waals surface area contributed by atoms with E-state index in [-0.39, 0.29) is 24.8 Å². The molecule has 0 saturated carbocycles. The van der Waals surface area contributed by atoms with Crippen LogP contribution in [0.2, 0.25) is 10.0 Å². The molecule has 4 nitrogen and oxygen atoms in total. The van der Waals surface area contributed by atoms with E-state index < -0.39 is 11.9 Å². The van der Waals surface area contributed by atoms with Crippen molar-refractivity contribution in [2.24, 2.45) is 0 Å². The van der Waals surface area contributed by atoms with Gasteiger partial charge in [-0.2, -0.15) is 0 Å². The molecule has 0 aromatic heterocycles. The number of carbonyl (C=O) groups excluding carboxylic acids is 2. The lowest BCUT2D eigenvalue weighted by Crippen LogP contribution is -2.47. The highest BCUT2D eigenvalue weighted by Crippen LogP contribution is 2.23. The van der Waals surface area contributed by atoms with E-state index in [4.69, 9.17) is 23.2 Å². The zero-order chi connectivity index (χ0) is 19.3. The van der Waals surface area contributed by atoms with E-state index in [1.165, 1.54) is 18.0 Å². The number of amides is 2. The standard InChI is InChI=1S/C19H19Cl2FN2O2/c1-12(19(26)23-2)24(11-14-5-3-4-6-17(14)22)18(25)9-13-7-8-15(20)10-16(13)21/h3-8,10,12H,9,11H2,1-2H3,(H,23,26)/t12-/m1/s1. The summed E-state index contributed by atoms with van der Waals surface area (Å²) in [6.45, 7) is 1.58. The van der Waals surface area contributed by atoms with Crippen LogP contribution in [0.1, 0.15) is 18.1 Å². The molecule has 26 heavy (non-hydrogen) atoms. The van der Waals surface area contributed by atoms with Crippen molar-refractivity contribution in [2.45, 2.75) is 25.9 Å². The normalized spacial score (nSPS) is 11.7. The number of hydrogen-bond acceptors (Lipinski definition) is 2. The van der Waals surface area contributed by atoms with Crippen molar-refractivity contribution in [3.8, 4) is 0 Å². The summed E-state index contributed by atoms with van der Waals surface area (Å²) >= 11 is 12.0. The maximum atomic E-state index is 14.0. The van der Waals surface area contributed by atoms with Crippen LogP contribution in [0.5, 0.6) is 0 Å². The lowest BCUT2D eigenvalue weighted by atomic mass is 10.1. The predicted octanol–water partition coefficient (Wildman–Crippen LogP) is 3.84. The first-order chi connectivity index (χ1) is 12.3. The number of nitrogens with zero attached hydrogens (tertiary/aromatic N) is 1. The summed E-state index contributed by atoms with van der Waals surface area (Å²) in [5.74, 6) is -1.11. The average Bonchev–Trinajstić information content (AvgIpc) is 2.62. The summed E-state index contributed by atoms with van der Waals surface area (Å²) in [7, 11) is 1.49. The number of hydrogen-bond donors (Lipinski definition) is 1. The van der Waals surface area contributed by atoms with Gasteiger partial charge in [-0.05, 0) is 30.7 Å². The Bertz CT molecular complexity index is 814. The van der Waals surface area contributed by atoms with Gasteiger partial charge in [-0.25, -0.2) is 4.39 Å². The van der Waals surface area contributed by atoms with Gasteiger partial charge in [0.15, 0.2) is 0 Å². The maximum absolute atomic E-state index is 14.0. The second kappa shape index (κ2) is 9.01. The van der Waals surface area contributed by atoms with Gasteiger partial charge in [0.25, 0.3) is 0 Å². The lowest BCUT2D eigenvalue weighted by molar-refractivity contribution is -0.139. The summed E-state index contributed by atoms with van der Waals surface area (Å²) in [4.78, 5) is 26.2. The zero-order valence-corrected chi connectivity index (χ0v) is 15.9. The number of likely N-dealkylation sites (N-methyl/N-ethyl adjacent to an activating group) is 1. The first-order valence-corrected chi connectivity index (χ1v) is 8.77. The Morgan fingerprint density at radius 2 is 1.85 bits per heavy atom. The Balaban J connectivity index is 2.28. The largest absolute Gasteiger partial charge is 0.357 e. The summed E-state index contributed by atoms with van der Waals surface area (Å²) in [6.07, 6.45) is -0.0220. The van der Waals surface area contributed by atoms with Gasteiger partial charge in [0.2, 0.25) is 11.8 Å². The quantitative estimate of drug-likeness (QED) is 0.806. The van der Waals surface area contributed by atoms with E-state index in [2.05, 4.69) is 5.32 Å². The van der Waals surface area contributed by atoms with E-state index in [9.17, 15) is 14.0 Å². The van der Waals surface area contributed by atoms with Gasteiger partial charge in [0.1, 0.15) is 11.9 Å². The molecular formula is C19H19Cl2FN2O2. The van der Waals surface area contributed by atoms with E-state index in [0.717, 1.165) is 0 Å². The fourth-order valence-electron chi connectivity index (χ4n) is 2.53. The fraction of sp³-hybridized carbons (Fsp3) is 0.263. The number of nitrogens with one attached hydrogen (secondary N) is 1. The molecule has 0 aliphatic rings. The Morgan fingerprint density at radius 1 is 1.15 bits per heavy atom. The van der Waals surface area contributed by atoms with Crippen LogP contribution >= 0.6 is 23.2 Å². The lowest BCUT2D eigenvalue weighted by Gasteiger charge is -2.28. The van der Waals surface area contributed by atoms with Crippen LogP contribution in [0, 0.1) is 5.82 Å². The summed E-state index contributed by atoms with van der Waals surface area (Å²) < 4.78 is 14.0. The van der Waals surface area contributed by atoms with Gasteiger partial charge in [-0.15, -0.1) is 0 Å². The Hall–Kier alpha value is -2.11. The van der Waals surface area contributed by atoms with E-state index in [0.29, 0.717) is 21.2 Å². The molecule has 0 unspecified atom stereocenters. The topological polar surface area (TPSA) is 49.4 Å². The van der Waals surface area contributed by atoms with Crippen molar-refractivity contribution >= 4 is 35.0 Å². The van der Waals surface area contributed by atoms with Gasteiger partial charge >= 0.3 is 0 Å². The van der Waals surface area contributed by atoms with Gasteiger partial charge in [0, 0.05) is 29.2 Å². The van der Waals surface area contributed by atoms with Crippen molar-refractivity contribution in [2.75, 3.05) is 7.05 Å². The summed E-state index contributed by atoms with van der Waals surface area (Å²) in [5, 5.41) is 3.34. The van der Waals surface area contributed by atoms with Crippen LogP contribution in [0.4, 0.5) is 4.39 Å². The summed E-state index contributed by atoms with van der Waals surface area (Å²) in [5.41, 5.74) is 0.919. The van der Waals surface area contributed by atoms with E-state index in [1.54, 1.807) is 43.3 Å². The molecule has 0 aliphatic carbocycles. The molecule has 2 aromatic rings. The minimum atomic E-state index is -0.766. The average molecular weight is 397 g/mol. The monoisotopic (exact) mass is 396 g/mol. The number of rotatable bonds is 6. The third-order valence-electron chi connectivity index (χ3n) is 4.07. The maximum Gasteiger partial charge on any atom is 0.242 e. The highest BCUT2D eigenvalue weighted by Gasteiger charge is 2.26. The van der Waals surface area contributed by atoms with E-state index >= 15 is 0 Å². The molecule has 0 heterocycles. The first-order valence-electron chi connectivity index (χ1n) is 8.02. The van der Waals surface area contributed by atoms with Gasteiger partial charge in [-0.1, -0.05) is 47.5 Å². The minimum absolute atomic E-state index is 0.0220. The molecule has 0 radical (unpaired) electrons. The molecule has 2 aromatic carbocycles. The van der Waals surface area contributed by atoms with Gasteiger partial charge in [0.05, 0.1) is 6.42 Å². The van der Waals surface area contributed by atoms with Crippen molar-refractivity contribution < 1.29 is 14.0 Å². The van der Waals surface area contributed by atoms with Crippen LogP contribution in [-0.4, -0.2) is 29.8 Å². The molecule has 0 spiro atoms. The highest BCUT2D eigenvalue weighted by molar-refractivity contribution is 6.35. The predicted molar refractivity (Wildman–Crippen MR) is 101 cm³/mol. The molecule has 0 saturated heterocycles. The zero-order valence-electron chi connectivity index (χ0n) is 14.4. The first kappa shape index (κ1) is 20.2. The van der Waals surface area contributed by atoms with Crippen molar-refractivity contribution in [3.63, 3.8) is 0 Å². The van der Waals surface area contributed by atoms with Gasteiger partial charge < -0.3 is 10.2 Å². The molecule has 1 atom stereocenters.